The van der Waals surface area contributed by atoms with Crippen molar-refractivity contribution in [3.8, 4) is 6.07 Å². The van der Waals surface area contributed by atoms with E-state index in [1.807, 2.05) is 6.07 Å². The van der Waals surface area contributed by atoms with Crippen LogP contribution in [0.1, 0.15) is 12.5 Å². The molecule has 132 valence electrons. The number of nitrogens with one attached hydrogen (secondary N) is 1. The van der Waals surface area contributed by atoms with Gasteiger partial charge in [-0.15, -0.1) is 0 Å². The van der Waals surface area contributed by atoms with Crippen LogP contribution in [0.5, 0.6) is 0 Å². The zero-order valence-electron chi connectivity index (χ0n) is 13.7. The molecule has 2 aromatic carbocycles. The molecule has 0 fully saturated rings. The van der Waals surface area contributed by atoms with Crippen LogP contribution in [0.3, 0.4) is 0 Å². The number of halogens is 2. The third-order valence-corrected chi connectivity index (χ3v) is 4.13. The predicted octanol–water partition coefficient (Wildman–Crippen LogP) is 3.09. The summed E-state index contributed by atoms with van der Waals surface area (Å²) in [6.07, 6.45) is 1.55. The first-order valence-electron chi connectivity index (χ1n) is 7.65. The Kier molecular flexibility index (Phi) is 4.64. The summed E-state index contributed by atoms with van der Waals surface area (Å²) in [5.74, 6) is -1.05. The van der Waals surface area contributed by atoms with E-state index >= 15 is 0 Å². The predicted molar refractivity (Wildman–Crippen MR) is 95.1 cm³/mol. The normalized spacial score (nSPS) is 13.2. The van der Waals surface area contributed by atoms with E-state index in [9.17, 15) is 14.3 Å². The fourth-order valence-electron chi connectivity index (χ4n) is 2.47. The molecule has 1 atom stereocenters. The van der Waals surface area contributed by atoms with Gasteiger partial charge in [-0.3, -0.25) is 9.48 Å². The molecule has 3 aromatic rings. The molecule has 0 bridgehead atoms. The quantitative estimate of drug-likeness (QED) is 0.736. The Hall–Kier alpha value is -2.95. The lowest BCUT2D eigenvalue weighted by molar-refractivity contribution is -0.133. The summed E-state index contributed by atoms with van der Waals surface area (Å²) >= 11 is 5.93. The summed E-state index contributed by atoms with van der Waals surface area (Å²) in [6.45, 7) is 1.22. The lowest BCUT2D eigenvalue weighted by Crippen LogP contribution is -2.43. The fraction of sp³-hybridized carbons (Fsp3) is 0.167. The highest BCUT2D eigenvalue weighted by Crippen LogP contribution is 2.22. The SMILES string of the molecule is C[C@](O)(Cn1cc2cc(F)ccc2n1)C(=O)Nc1ccc(C#N)c(Cl)c1. The third-order valence-electron chi connectivity index (χ3n) is 3.82. The van der Waals surface area contributed by atoms with Gasteiger partial charge in [-0.25, -0.2) is 4.39 Å². The number of carbonyl (C=O) groups is 1. The fourth-order valence-corrected chi connectivity index (χ4v) is 2.69. The zero-order valence-corrected chi connectivity index (χ0v) is 14.5. The van der Waals surface area contributed by atoms with Gasteiger partial charge in [0, 0.05) is 17.3 Å². The van der Waals surface area contributed by atoms with Gasteiger partial charge >= 0.3 is 0 Å². The third kappa shape index (κ3) is 3.67. The number of aliphatic hydroxyl groups is 1. The Morgan fingerprint density at radius 1 is 1.42 bits per heavy atom. The molecule has 6 nitrogen and oxygen atoms in total. The molecule has 3 rings (SSSR count). The molecule has 0 aliphatic rings. The van der Waals surface area contributed by atoms with Crippen LogP contribution in [0.15, 0.2) is 42.6 Å². The van der Waals surface area contributed by atoms with Crippen LogP contribution in [-0.2, 0) is 11.3 Å². The Morgan fingerprint density at radius 3 is 2.88 bits per heavy atom. The molecular formula is C18H14ClFN4O2. The van der Waals surface area contributed by atoms with E-state index < -0.39 is 11.5 Å². The minimum atomic E-state index is -1.78. The molecule has 26 heavy (non-hydrogen) atoms. The van der Waals surface area contributed by atoms with Gasteiger partial charge in [-0.2, -0.15) is 10.4 Å². The van der Waals surface area contributed by atoms with E-state index in [1.165, 1.54) is 48.0 Å². The molecule has 0 saturated heterocycles. The molecule has 0 saturated carbocycles. The van der Waals surface area contributed by atoms with E-state index in [0.717, 1.165) is 0 Å². The van der Waals surface area contributed by atoms with Crippen molar-refractivity contribution in [3.05, 3.63) is 59.0 Å². The van der Waals surface area contributed by atoms with Gasteiger partial charge in [0.15, 0.2) is 5.60 Å². The van der Waals surface area contributed by atoms with Crippen molar-refractivity contribution in [3.63, 3.8) is 0 Å². The number of carbonyl (C=O) groups excluding carboxylic acids is 1. The smallest absolute Gasteiger partial charge is 0.257 e. The zero-order chi connectivity index (χ0) is 18.9. The van der Waals surface area contributed by atoms with Crippen LogP contribution in [0.4, 0.5) is 10.1 Å². The van der Waals surface area contributed by atoms with Gasteiger partial charge in [-0.1, -0.05) is 11.6 Å². The second-order valence-corrected chi connectivity index (χ2v) is 6.47. The van der Waals surface area contributed by atoms with Crippen LogP contribution < -0.4 is 5.32 Å². The van der Waals surface area contributed by atoms with Gasteiger partial charge in [0.1, 0.15) is 11.9 Å². The average Bonchev–Trinajstić information content (AvgIpc) is 2.95. The van der Waals surface area contributed by atoms with Crippen molar-refractivity contribution in [2.24, 2.45) is 0 Å². The van der Waals surface area contributed by atoms with Crippen LogP contribution in [0, 0.1) is 17.1 Å². The van der Waals surface area contributed by atoms with Crippen molar-refractivity contribution < 1.29 is 14.3 Å². The molecule has 1 heterocycles. The van der Waals surface area contributed by atoms with Crippen molar-refractivity contribution >= 4 is 34.1 Å². The van der Waals surface area contributed by atoms with Crippen LogP contribution in [0.2, 0.25) is 5.02 Å². The standard InChI is InChI=1S/C18H14ClFN4O2/c1-18(26,10-24-9-12-6-13(20)3-5-16(12)23-24)17(25)22-14-4-2-11(8-21)15(19)7-14/h2-7,9,26H,10H2,1H3,(H,22,25)/t18-/m0/s1. The van der Waals surface area contributed by atoms with Gasteiger partial charge in [0.25, 0.3) is 5.91 Å². The minimum absolute atomic E-state index is 0.126. The van der Waals surface area contributed by atoms with E-state index in [0.29, 0.717) is 16.6 Å². The monoisotopic (exact) mass is 372 g/mol. The first-order valence-corrected chi connectivity index (χ1v) is 8.02. The molecule has 0 unspecified atom stereocenters. The highest BCUT2D eigenvalue weighted by atomic mass is 35.5. The molecule has 0 aliphatic heterocycles. The van der Waals surface area contributed by atoms with Gasteiger partial charge in [-0.05, 0) is 43.3 Å². The van der Waals surface area contributed by atoms with Crippen molar-refractivity contribution in [1.29, 1.82) is 5.26 Å². The van der Waals surface area contributed by atoms with Crippen molar-refractivity contribution in [2.45, 2.75) is 19.1 Å². The second kappa shape index (κ2) is 6.75. The van der Waals surface area contributed by atoms with Crippen LogP contribution >= 0.6 is 11.6 Å². The molecule has 8 heteroatoms. The number of hydrogen-bond donors (Lipinski definition) is 2. The molecule has 0 aliphatic carbocycles. The first kappa shape index (κ1) is 17.9. The van der Waals surface area contributed by atoms with E-state index in [4.69, 9.17) is 16.9 Å². The maximum absolute atomic E-state index is 13.3. The summed E-state index contributed by atoms with van der Waals surface area (Å²) in [6, 6.07) is 10.5. The Balaban J connectivity index is 1.76. The van der Waals surface area contributed by atoms with E-state index in [-0.39, 0.29) is 22.9 Å². The van der Waals surface area contributed by atoms with Crippen LogP contribution in [-0.4, -0.2) is 26.4 Å². The molecule has 0 radical (unpaired) electrons. The average molecular weight is 373 g/mol. The number of anilines is 1. The van der Waals surface area contributed by atoms with Gasteiger partial charge in [0.05, 0.1) is 22.6 Å². The number of nitrogens with zero attached hydrogens (tertiary/aromatic N) is 3. The number of benzene rings is 2. The largest absolute Gasteiger partial charge is 0.378 e. The number of aromatic nitrogens is 2. The number of hydrogen-bond acceptors (Lipinski definition) is 4. The Labute approximate surface area is 153 Å². The Bertz CT molecular complexity index is 1040. The number of amides is 1. The maximum Gasteiger partial charge on any atom is 0.257 e. The molecule has 2 N–H and O–H groups in total. The van der Waals surface area contributed by atoms with E-state index in [2.05, 4.69) is 10.4 Å². The summed E-state index contributed by atoms with van der Waals surface area (Å²) in [5, 5.41) is 26.9. The topological polar surface area (TPSA) is 90.9 Å². The first-order chi connectivity index (χ1) is 12.3. The van der Waals surface area contributed by atoms with Crippen LogP contribution in [0.25, 0.3) is 10.9 Å². The summed E-state index contributed by atoms with van der Waals surface area (Å²) in [5.41, 5.74) is -0.582. The Morgan fingerprint density at radius 2 is 2.19 bits per heavy atom. The second-order valence-electron chi connectivity index (χ2n) is 6.06. The van der Waals surface area contributed by atoms with Gasteiger partial charge < -0.3 is 10.4 Å². The van der Waals surface area contributed by atoms with E-state index in [1.54, 1.807) is 6.20 Å². The number of rotatable bonds is 4. The maximum atomic E-state index is 13.3. The summed E-state index contributed by atoms with van der Waals surface area (Å²) in [4.78, 5) is 12.4. The number of fused-ring (bicyclic) bond motifs is 1. The summed E-state index contributed by atoms with van der Waals surface area (Å²) < 4.78 is 14.6. The molecule has 1 aromatic heterocycles. The summed E-state index contributed by atoms with van der Waals surface area (Å²) in [7, 11) is 0. The highest BCUT2D eigenvalue weighted by Gasteiger charge is 2.31. The highest BCUT2D eigenvalue weighted by molar-refractivity contribution is 6.32. The lowest BCUT2D eigenvalue weighted by atomic mass is 10.1. The van der Waals surface area contributed by atoms with Gasteiger partial charge in [0.2, 0.25) is 0 Å². The van der Waals surface area contributed by atoms with Crippen molar-refractivity contribution in [2.75, 3.05) is 5.32 Å². The lowest BCUT2D eigenvalue weighted by Gasteiger charge is -2.22. The number of nitriles is 1. The molecular weight excluding hydrogens is 359 g/mol. The minimum Gasteiger partial charge on any atom is -0.378 e. The van der Waals surface area contributed by atoms with Crippen molar-refractivity contribution in [1.82, 2.24) is 9.78 Å². The molecule has 0 spiro atoms. The molecule has 1 amide bonds.